The molecule has 2 saturated carbocycles. The molecule has 3 rings (SSSR count). The molecule has 0 saturated heterocycles. The second-order valence-corrected chi connectivity index (χ2v) is 6.91. The summed E-state index contributed by atoms with van der Waals surface area (Å²) in [5.41, 5.74) is 6.42. The van der Waals surface area contributed by atoms with Gasteiger partial charge in [0, 0.05) is 12.5 Å². The molecular weight excluding hydrogens is 248 g/mol. The van der Waals surface area contributed by atoms with Crippen LogP contribution in [0, 0.1) is 12.3 Å². The average Bonchev–Trinajstić information content (AvgIpc) is 3.10. The average molecular weight is 276 g/mol. The molecule has 0 aromatic carbocycles. The molecule has 0 spiro atoms. The topological polar surface area (TPSA) is 56.7 Å². The van der Waals surface area contributed by atoms with E-state index in [0.717, 1.165) is 18.8 Å². The van der Waals surface area contributed by atoms with Crippen molar-refractivity contribution in [3.8, 4) is 0 Å². The molecule has 0 radical (unpaired) electrons. The van der Waals surface area contributed by atoms with Gasteiger partial charge in [-0.2, -0.15) is 0 Å². The maximum Gasteiger partial charge on any atom is 0.133 e. The molecule has 4 heteroatoms. The monoisotopic (exact) mass is 276 g/mol. The van der Waals surface area contributed by atoms with Crippen molar-refractivity contribution in [2.75, 3.05) is 6.54 Å². The summed E-state index contributed by atoms with van der Waals surface area (Å²) in [6.45, 7) is 2.90. The predicted molar refractivity (Wildman–Crippen MR) is 80.5 cm³/mol. The summed E-state index contributed by atoms with van der Waals surface area (Å²) in [6, 6.07) is 0.637. The maximum atomic E-state index is 6.14. The summed E-state index contributed by atoms with van der Waals surface area (Å²) in [7, 11) is 0. The van der Waals surface area contributed by atoms with E-state index >= 15 is 0 Å². The van der Waals surface area contributed by atoms with Gasteiger partial charge in [-0.3, -0.25) is 0 Å². The molecule has 0 amide bonds. The normalized spacial score (nSPS) is 23.3. The van der Waals surface area contributed by atoms with Crippen LogP contribution in [0.15, 0.2) is 0 Å². The molecule has 0 bridgehead atoms. The first-order chi connectivity index (χ1) is 9.74. The van der Waals surface area contributed by atoms with Gasteiger partial charge in [0.05, 0.1) is 0 Å². The number of hydrogen-bond donors (Lipinski definition) is 1. The molecule has 1 heterocycles. The minimum atomic E-state index is 0.286. The molecule has 112 valence electrons. The van der Waals surface area contributed by atoms with Crippen LogP contribution in [0.4, 0.5) is 0 Å². The molecule has 4 nitrogen and oxygen atoms in total. The lowest BCUT2D eigenvalue weighted by molar-refractivity contribution is 0.190. The zero-order chi connectivity index (χ0) is 14.0. The SMILES string of the molecule is Cc1nnc(CC2(CN)CCCCC2)n1C1CCCC1. The molecule has 20 heavy (non-hydrogen) atoms. The zero-order valence-corrected chi connectivity index (χ0v) is 12.8. The number of nitrogens with zero attached hydrogens (tertiary/aromatic N) is 3. The van der Waals surface area contributed by atoms with Crippen molar-refractivity contribution in [3.05, 3.63) is 11.6 Å². The Morgan fingerprint density at radius 3 is 2.45 bits per heavy atom. The Morgan fingerprint density at radius 1 is 1.10 bits per heavy atom. The van der Waals surface area contributed by atoms with Crippen molar-refractivity contribution < 1.29 is 0 Å². The van der Waals surface area contributed by atoms with Gasteiger partial charge in [0.2, 0.25) is 0 Å². The number of aryl methyl sites for hydroxylation is 1. The third-order valence-corrected chi connectivity index (χ3v) is 5.51. The van der Waals surface area contributed by atoms with Crippen LogP contribution in [-0.2, 0) is 6.42 Å². The first-order valence-corrected chi connectivity index (χ1v) is 8.35. The summed E-state index contributed by atoms with van der Waals surface area (Å²) in [5.74, 6) is 2.29. The van der Waals surface area contributed by atoms with Crippen molar-refractivity contribution in [2.45, 2.75) is 77.2 Å². The maximum absolute atomic E-state index is 6.14. The Morgan fingerprint density at radius 2 is 1.80 bits per heavy atom. The van der Waals surface area contributed by atoms with Gasteiger partial charge in [-0.1, -0.05) is 32.1 Å². The minimum absolute atomic E-state index is 0.286. The quantitative estimate of drug-likeness (QED) is 0.919. The largest absolute Gasteiger partial charge is 0.330 e. The van der Waals surface area contributed by atoms with Crippen LogP contribution in [0.1, 0.15) is 75.5 Å². The second kappa shape index (κ2) is 5.84. The summed E-state index contributed by atoms with van der Waals surface area (Å²) in [4.78, 5) is 0. The van der Waals surface area contributed by atoms with Crippen LogP contribution in [0.2, 0.25) is 0 Å². The van der Waals surface area contributed by atoms with E-state index in [9.17, 15) is 0 Å². The molecular formula is C16H28N4. The molecule has 0 unspecified atom stereocenters. The Kier molecular flexibility index (Phi) is 4.11. The lowest BCUT2D eigenvalue weighted by Crippen LogP contribution is -2.36. The van der Waals surface area contributed by atoms with Crippen LogP contribution >= 0.6 is 0 Å². The van der Waals surface area contributed by atoms with Gasteiger partial charge in [-0.05, 0) is 44.6 Å². The standard InChI is InChI=1S/C16H28N4/c1-13-18-19-15(20(13)14-7-3-4-8-14)11-16(12-17)9-5-2-6-10-16/h14H,2-12,17H2,1H3. The molecule has 2 N–H and O–H groups in total. The van der Waals surface area contributed by atoms with E-state index in [4.69, 9.17) is 5.73 Å². The molecule has 1 aromatic heterocycles. The number of aromatic nitrogens is 3. The van der Waals surface area contributed by atoms with Crippen molar-refractivity contribution in [2.24, 2.45) is 11.1 Å². The van der Waals surface area contributed by atoms with Gasteiger partial charge in [-0.15, -0.1) is 10.2 Å². The molecule has 2 aliphatic carbocycles. The lowest BCUT2D eigenvalue weighted by Gasteiger charge is -2.36. The van der Waals surface area contributed by atoms with E-state index in [1.807, 2.05) is 0 Å². The highest BCUT2D eigenvalue weighted by atomic mass is 15.3. The van der Waals surface area contributed by atoms with E-state index < -0.39 is 0 Å². The highest BCUT2D eigenvalue weighted by molar-refractivity contribution is 5.03. The Hall–Kier alpha value is -0.900. The van der Waals surface area contributed by atoms with Crippen molar-refractivity contribution in [1.82, 2.24) is 14.8 Å². The first kappa shape index (κ1) is 14.1. The van der Waals surface area contributed by atoms with Gasteiger partial charge in [0.15, 0.2) is 0 Å². The van der Waals surface area contributed by atoms with Gasteiger partial charge in [0.25, 0.3) is 0 Å². The van der Waals surface area contributed by atoms with Crippen molar-refractivity contribution in [3.63, 3.8) is 0 Å². The minimum Gasteiger partial charge on any atom is -0.330 e. The van der Waals surface area contributed by atoms with Crippen LogP contribution in [0.5, 0.6) is 0 Å². The smallest absolute Gasteiger partial charge is 0.133 e. The highest BCUT2D eigenvalue weighted by Gasteiger charge is 2.34. The van der Waals surface area contributed by atoms with Gasteiger partial charge in [-0.25, -0.2) is 0 Å². The molecule has 1 aromatic rings. The Bertz CT molecular complexity index is 439. The summed E-state index contributed by atoms with van der Waals surface area (Å²) in [6.07, 6.45) is 12.9. The van der Waals surface area contributed by atoms with E-state index in [-0.39, 0.29) is 5.41 Å². The van der Waals surface area contributed by atoms with E-state index in [0.29, 0.717) is 6.04 Å². The summed E-state index contributed by atoms with van der Waals surface area (Å²) in [5, 5.41) is 8.87. The van der Waals surface area contributed by atoms with Crippen LogP contribution < -0.4 is 5.73 Å². The van der Waals surface area contributed by atoms with Crippen LogP contribution in [0.25, 0.3) is 0 Å². The lowest BCUT2D eigenvalue weighted by atomic mass is 9.71. The van der Waals surface area contributed by atoms with Gasteiger partial charge >= 0.3 is 0 Å². The summed E-state index contributed by atoms with van der Waals surface area (Å²) < 4.78 is 2.43. The zero-order valence-electron chi connectivity index (χ0n) is 12.8. The van der Waals surface area contributed by atoms with Crippen LogP contribution in [-0.4, -0.2) is 21.3 Å². The third-order valence-electron chi connectivity index (χ3n) is 5.51. The van der Waals surface area contributed by atoms with Crippen molar-refractivity contribution >= 4 is 0 Å². The Balaban J connectivity index is 1.82. The molecule has 2 fully saturated rings. The predicted octanol–water partition coefficient (Wildman–Crippen LogP) is 3.15. The van der Waals surface area contributed by atoms with Gasteiger partial charge in [0.1, 0.15) is 11.6 Å². The number of hydrogen-bond acceptors (Lipinski definition) is 3. The fraction of sp³-hybridized carbons (Fsp3) is 0.875. The van der Waals surface area contributed by atoms with Crippen molar-refractivity contribution in [1.29, 1.82) is 0 Å². The first-order valence-electron chi connectivity index (χ1n) is 8.35. The Labute approximate surface area is 122 Å². The van der Waals surface area contributed by atoms with Crippen LogP contribution in [0.3, 0.4) is 0 Å². The molecule has 2 aliphatic rings. The fourth-order valence-corrected chi connectivity index (χ4v) is 4.26. The van der Waals surface area contributed by atoms with E-state index in [1.165, 1.54) is 63.6 Å². The summed E-state index contributed by atoms with van der Waals surface area (Å²) >= 11 is 0. The highest BCUT2D eigenvalue weighted by Crippen LogP contribution is 2.39. The number of nitrogens with two attached hydrogens (primary N) is 1. The second-order valence-electron chi connectivity index (χ2n) is 6.91. The third kappa shape index (κ3) is 2.62. The fourth-order valence-electron chi connectivity index (χ4n) is 4.26. The van der Waals surface area contributed by atoms with E-state index in [1.54, 1.807) is 0 Å². The molecule has 0 aliphatic heterocycles. The molecule has 0 atom stereocenters. The van der Waals surface area contributed by atoms with Gasteiger partial charge < -0.3 is 10.3 Å². The number of rotatable bonds is 4. The van der Waals surface area contributed by atoms with E-state index in [2.05, 4.69) is 21.7 Å².